The quantitative estimate of drug-likeness (QED) is 0.617. The molecule has 4 nitrogen and oxygen atoms in total. The summed E-state index contributed by atoms with van der Waals surface area (Å²) in [6.45, 7) is 3.68. The number of nitrogens with one attached hydrogen (secondary N) is 1. The number of fused-ring (bicyclic) bond motifs is 1. The Labute approximate surface area is 78.5 Å². The first-order valence-electron chi connectivity index (χ1n) is 4.69. The van der Waals surface area contributed by atoms with Crippen molar-refractivity contribution in [1.82, 2.24) is 5.32 Å². The largest absolute Gasteiger partial charge is 0.370 e. The molecule has 0 radical (unpaired) electrons. The maximum absolute atomic E-state index is 5.67. The third-order valence-electron chi connectivity index (χ3n) is 3.19. The van der Waals surface area contributed by atoms with Gasteiger partial charge in [0.05, 0.1) is 12.1 Å². The lowest BCUT2D eigenvalue weighted by molar-refractivity contribution is -0.213. The molecule has 2 heterocycles. The normalized spacial score (nSPS) is 42.2. The van der Waals surface area contributed by atoms with Crippen molar-refractivity contribution in [2.45, 2.75) is 24.9 Å². The number of ether oxygens (including phenoxy) is 3. The predicted octanol–water partition coefficient (Wildman–Crippen LogP) is -0.0178. The molecule has 1 N–H and O–H groups in total. The van der Waals surface area contributed by atoms with E-state index in [1.54, 1.807) is 14.2 Å². The molecule has 2 saturated heterocycles. The fraction of sp³-hybridized carbons (Fsp3) is 1.00. The number of methoxy groups -OCH3 is 2. The highest BCUT2D eigenvalue weighted by atomic mass is 16.7. The van der Waals surface area contributed by atoms with Gasteiger partial charge in [-0.25, -0.2) is 0 Å². The summed E-state index contributed by atoms with van der Waals surface area (Å²) >= 11 is 0. The molecular formula is C9H17NO3. The third-order valence-corrected chi connectivity index (χ3v) is 3.19. The molecule has 2 rings (SSSR count). The van der Waals surface area contributed by atoms with Crippen molar-refractivity contribution in [3.63, 3.8) is 0 Å². The lowest BCUT2D eigenvalue weighted by Crippen LogP contribution is -2.51. The van der Waals surface area contributed by atoms with E-state index in [0.29, 0.717) is 12.5 Å². The lowest BCUT2D eigenvalue weighted by atomic mass is 10.0. The van der Waals surface area contributed by atoms with Crippen LogP contribution in [-0.2, 0) is 14.2 Å². The average molecular weight is 187 g/mol. The highest BCUT2D eigenvalue weighted by Gasteiger charge is 2.55. The smallest absolute Gasteiger partial charge is 0.209 e. The molecule has 76 valence electrons. The van der Waals surface area contributed by atoms with Crippen LogP contribution >= 0.6 is 0 Å². The fourth-order valence-electron chi connectivity index (χ4n) is 2.30. The van der Waals surface area contributed by atoms with E-state index in [2.05, 4.69) is 12.2 Å². The summed E-state index contributed by atoms with van der Waals surface area (Å²) in [5.41, 5.74) is 0. The SMILES string of the molecule is COC1(OC)CO[C@@H]2[C@@H](C)CN[C@@H]21. The number of hydrogen-bond acceptors (Lipinski definition) is 4. The van der Waals surface area contributed by atoms with Crippen LogP contribution in [0.2, 0.25) is 0 Å². The zero-order chi connectivity index (χ0) is 9.47. The maximum atomic E-state index is 5.67. The van der Waals surface area contributed by atoms with Gasteiger partial charge < -0.3 is 19.5 Å². The Kier molecular flexibility index (Phi) is 2.32. The van der Waals surface area contributed by atoms with Crippen LogP contribution in [0.4, 0.5) is 0 Å². The van der Waals surface area contributed by atoms with E-state index in [9.17, 15) is 0 Å². The summed E-state index contributed by atoms with van der Waals surface area (Å²) in [5.74, 6) is -0.0349. The fourth-order valence-corrected chi connectivity index (χ4v) is 2.30. The molecule has 0 spiro atoms. The van der Waals surface area contributed by atoms with Crippen LogP contribution in [0.3, 0.4) is 0 Å². The van der Waals surface area contributed by atoms with Gasteiger partial charge in [-0.15, -0.1) is 0 Å². The van der Waals surface area contributed by atoms with Gasteiger partial charge in [0.15, 0.2) is 0 Å². The molecule has 4 heteroatoms. The Hall–Kier alpha value is -0.160. The van der Waals surface area contributed by atoms with Crippen molar-refractivity contribution in [1.29, 1.82) is 0 Å². The molecule has 0 aromatic rings. The van der Waals surface area contributed by atoms with Crippen LogP contribution in [0.15, 0.2) is 0 Å². The van der Waals surface area contributed by atoms with Crippen LogP contribution in [0.5, 0.6) is 0 Å². The van der Waals surface area contributed by atoms with Crippen molar-refractivity contribution >= 4 is 0 Å². The molecule has 0 amide bonds. The van der Waals surface area contributed by atoms with E-state index in [-0.39, 0.29) is 12.1 Å². The Morgan fingerprint density at radius 2 is 2.08 bits per heavy atom. The zero-order valence-electron chi connectivity index (χ0n) is 8.37. The highest BCUT2D eigenvalue weighted by Crippen LogP contribution is 2.35. The molecule has 2 aliphatic heterocycles. The molecule has 2 fully saturated rings. The topological polar surface area (TPSA) is 39.7 Å². The second-order valence-electron chi connectivity index (χ2n) is 3.86. The van der Waals surface area contributed by atoms with E-state index in [4.69, 9.17) is 14.2 Å². The summed E-state index contributed by atoms with van der Waals surface area (Å²) in [6.07, 6.45) is 0.236. The molecule has 0 saturated carbocycles. The van der Waals surface area contributed by atoms with Crippen LogP contribution in [0, 0.1) is 5.92 Å². The van der Waals surface area contributed by atoms with Gasteiger partial charge in [-0.3, -0.25) is 0 Å². The van der Waals surface area contributed by atoms with Crippen molar-refractivity contribution in [2.24, 2.45) is 5.92 Å². The predicted molar refractivity (Wildman–Crippen MR) is 47.4 cm³/mol. The Morgan fingerprint density at radius 1 is 1.38 bits per heavy atom. The van der Waals surface area contributed by atoms with Crippen LogP contribution in [0.25, 0.3) is 0 Å². The van der Waals surface area contributed by atoms with Crippen LogP contribution in [-0.4, -0.2) is 45.3 Å². The van der Waals surface area contributed by atoms with Crippen LogP contribution < -0.4 is 5.32 Å². The molecule has 0 aliphatic carbocycles. The van der Waals surface area contributed by atoms with Gasteiger partial charge >= 0.3 is 0 Å². The van der Waals surface area contributed by atoms with E-state index in [0.717, 1.165) is 6.54 Å². The lowest BCUT2D eigenvalue weighted by Gasteiger charge is -2.29. The summed E-state index contributed by atoms with van der Waals surface area (Å²) in [7, 11) is 3.33. The summed E-state index contributed by atoms with van der Waals surface area (Å²) in [4.78, 5) is 0. The molecule has 0 bridgehead atoms. The van der Waals surface area contributed by atoms with Crippen LogP contribution in [0.1, 0.15) is 6.92 Å². The van der Waals surface area contributed by atoms with Gasteiger partial charge in [-0.2, -0.15) is 0 Å². The second-order valence-corrected chi connectivity index (χ2v) is 3.86. The molecular weight excluding hydrogens is 170 g/mol. The molecule has 13 heavy (non-hydrogen) atoms. The minimum absolute atomic E-state index is 0.178. The first kappa shape index (κ1) is 9.40. The second kappa shape index (κ2) is 3.20. The highest BCUT2D eigenvalue weighted by molar-refractivity contribution is 5.03. The summed E-state index contributed by atoms with van der Waals surface area (Å²) in [6, 6.07) is 0.178. The Morgan fingerprint density at radius 3 is 2.69 bits per heavy atom. The summed E-state index contributed by atoms with van der Waals surface area (Å²) in [5, 5.41) is 3.39. The van der Waals surface area contributed by atoms with Gasteiger partial charge in [0.2, 0.25) is 5.79 Å². The summed E-state index contributed by atoms with van der Waals surface area (Å²) < 4.78 is 16.5. The van der Waals surface area contributed by atoms with Gasteiger partial charge in [0.1, 0.15) is 6.61 Å². The molecule has 2 aliphatic rings. The van der Waals surface area contributed by atoms with E-state index >= 15 is 0 Å². The first-order chi connectivity index (χ1) is 6.23. The van der Waals surface area contributed by atoms with E-state index in [1.807, 2.05) is 0 Å². The van der Waals surface area contributed by atoms with Crippen molar-refractivity contribution in [3.05, 3.63) is 0 Å². The minimum Gasteiger partial charge on any atom is -0.370 e. The maximum Gasteiger partial charge on any atom is 0.209 e. The first-order valence-corrected chi connectivity index (χ1v) is 4.69. The van der Waals surface area contributed by atoms with Gasteiger partial charge in [0, 0.05) is 20.8 Å². The minimum atomic E-state index is -0.574. The standard InChI is InChI=1S/C9H17NO3/c1-6-4-10-8-7(6)13-5-9(8,11-2)12-3/h6-8,10H,4-5H2,1-3H3/t6-,7+,8-/m0/s1. The van der Waals surface area contributed by atoms with Gasteiger partial charge in [-0.05, 0) is 5.92 Å². The van der Waals surface area contributed by atoms with E-state index in [1.165, 1.54) is 0 Å². The van der Waals surface area contributed by atoms with Crippen molar-refractivity contribution < 1.29 is 14.2 Å². The van der Waals surface area contributed by atoms with Crippen molar-refractivity contribution in [2.75, 3.05) is 27.4 Å². The van der Waals surface area contributed by atoms with Gasteiger partial charge in [-0.1, -0.05) is 6.92 Å². The zero-order valence-corrected chi connectivity index (χ0v) is 8.37. The van der Waals surface area contributed by atoms with Crippen molar-refractivity contribution in [3.8, 4) is 0 Å². The number of hydrogen-bond donors (Lipinski definition) is 1. The van der Waals surface area contributed by atoms with Gasteiger partial charge in [0.25, 0.3) is 0 Å². The molecule has 0 aromatic heterocycles. The average Bonchev–Trinajstić information content (AvgIpc) is 2.68. The number of rotatable bonds is 2. The molecule has 0 aromatic carbocycles. The monoisotopic (exact) mass is 187 g/mol. The third kappa shape index (κ3) is 1.21. The molecule has 0 unspecified atom stereocenters. The van der Waals surface area contributed by atoms with E-state index < -0.39 is 5.79 Å². The Balaban J connectivity index is 2.17. The molecule has 3 atom stereocenters. The Bertz CT molecular complexity index is 193.